The predicted octanol–water partition coefficient (Wildman–Crippen LogP) is 2.58. The Labute approximate surface area is 74.0 Å². The van der Waals surface area contributed by atoms with Gasteiger partial charge in [-0.15, -0.1) is 0 Å². The molecule has 0 aromatic heterocycles. The zero-order valence-corrected chi connectivity index (χ0v) is 7.75. The van der Waals surface area contributed by atoms with Crippen LogP contribution in [0.2, 0.25) is 0 Å². The molecule has 0 bridgehead atoms. The van der Waals surface area contributed by atoms with Crippen molar-refractivity contribution in [3.05, 3.63) is 35.4 Å². The van der Waals surface area contributed by atoms with E-state index in [4.69, 9.17) is 0 Å². The molecule has 12 heavy (non-hydrogen) atoms. The monoisotopic (exact) mass is 161 g/mol. The van der Waals surface area contributed by atoms with E-state index in [0.29, 0.717) is 6.04 Å². The molecule has 1 aliphatic rings. The first-order chi connectivity index (χ1) is 5.83. The van der Waals surface area contributed by atoms with Crippen LogP contribution in [0, 0.1) is 0 Å². The Morgan fingerprint density at radius 3 is 2.92 bits per heavy atom. The standard InChI is InChI=1S/C11H15N/c1-3-11-10-7-5-4-6-9(10)8-12(11)2/h4-7,11H,3,8H2,1-2H3. The van der Waals surface area contributed by atoms with Gasteiger partial charge in [-0.2, -0.15) is 0 Å². The van der Waals surface area contributed by atoms with Gasteiger partial charge in [-0.05, 0) is 24.6 Å². The molecule has 1 atom stereocenters. The molecule has 1 aromatic rings. The number of hydrogen-bond acceptors (Lipinski definition) is 1. The molecule has 1 aromatic carbocycles. The Balaban J connectivity index is 2.40. The Morgan fingerprint density at radius 1 is 1.42 bits per heavy atom. The molecule has 0 radical (unpaired) electrons. The van der Waals surface area contributed by atoms with Gasteiger partial charge in [-0.25, -0.2) is 0 Å². The van der Waals surface area contributed by atoms with Gasteiger partial charge in [0.05, 0.1) is 0 Å². The summed E-state index contributed by atoms with van der Waals surface area (Å²) in [5.74, 6) is 0. The van der Waals surface area contributed by atoms with Gasteiger partial charge in [0.2, 0.25) is 0 Å². The molecule has 0 saturated carbocycles. The van der Waals surface area contributed by atoms with E-state index in [1.807, 2.05) is 0 Å². The summed E-state index contributed by atoms with van der Waals surface area (Å²) in [5.41, 5.74) is 3.04. The largest absolute Gasteiger partial charge is 0.295 e. The molecule has 0 N–H and O–H groups in total. The molecule has 1 aliphatic heterocycles. The smallest absolute Gasteiger partial charge is 0.0349 e. The molecule has 0 saturated heterocycles. The SMILES string of the molecule is CCC1c2ccccc2CN1C. The van der Waals surface area contributed by atoms with Gasteiger partial charge in [0.15, 0.2) is 0 Å². The Kier molecular flexibility index (Phi) is 1.89. The minimum atomic E-state index is 0.654. The Morgan fingerprint density at radius 2 is 2.17 bits per heavy atom. The lowest BCUT2D eigenvalue weighted by molar-refractivity contribution is 0.262. The van der Waals surface area contributed by atoms with Crippen LogP contribution < -0.4 is 0 Å². The van der Waals surface area contributed by atoms with Crippen LogP contribution in [0.1, 0.15) is 30.5 Å². The third kappa shape index (κ3) is 1.05. The van der Waals surface area contributed by atoms with Crippen LogP contribution in [0.4, 0.5) is 0 Å². The van der Waals surface area contributed by atoms with Crippen LogP contribution in [0.3, 0.4) is 0 Å². The van der Waals surface area contributed by atoms with Gasteiger partial charge >= 0.3 is 0 Å². The number of rotatable bonds is 1. The maximum atomic E-state index is 2.42. The number of nitrogens with zero attached hydrogens (tertiary/aromatic N) is 1. The summed E-state index contributed by atoms with van der Waals surface area (Å²) < 4.78 is 0. The Hall–Kier alpha value is -0.820. The quantitative estimate of drug-likeness (QED) is 0.612. The molecule has 64 valence electrons. The summed E-state index contributed by atoms with van der Waals surface area (Å²) in [6.07, 6.45) is 1.22. The van der Waals surface area contributed by atoms with Crippen LogP contribution in [-0.4, -0.2) is 11.9 Å². The second-order valence-corrected chi connectivity index (χ2v) is 3.54. The fourth-order valence-corrected chi connectivity index (χ4v) is 2.15. The highest BCUT2D eigenvalue weighted by Gasteiger charge is 2.24. The van der Waals surface area contributed by atoms with E-state index in [1.165, 1.54) is 17.5 Å². The minimum Gasteiger partial charge on any atom is -0.295 e. The third-order valence-corrected chi connectivity index (χ3v) is 2.75. The predicted molar refractivity (Wildman–Crippen MR) is 50.9 cm³/mol. The lowest BCUT2D eigenvalue weighted by Crippen LogP contribution is -2.15. The highest BCUT2D eigenvalue weighted by molar-refractivity contribution is 5.33. The number of benzene rings is 1. The number of hydrogen-bond donors (Lipinski definition) is 0. The van der Waals surface area contributed by atoms with Crippen LogP contribution >= 0.6 is 0 Å². The topological polar surface area (TPSA) is 3.24 Å². The van der Waals surface area contributed by atoms with E-state index < -0.39 is 0 Å². The highest BCUT2D eigenvalue weighted by atomic mass is 15.1. The van der Waals surface area contributed by atoms with Crippen molar-refractivity contribution >= 4 is 0 Å². The minimum absolute atomic E-state index is 0.654. The van der Waals surface area contributed by atoms with Crippen molar-refractivity contribution in [2.24, 2.45) is 0 Å². The van der Waals surface area contributed by atoms with E-state index in [9.17, 15) is 0 Å². The summed E-state index contributed by atoms with van der Waals surface area (Å²) in [6, 6.07) is 9.42. The van der Waals surface area contributed by atoms with E-state index >= 15 is 0 Å². The van der Waals surface area contributed by atoms with Gasteiger partial charge in [0.25, 0.3) is 0 Å². The van der Waals surface area contributed by atoms with Crippen molar-refractivity contribution < 1.29 is 0 Å². The lowest BCUT2D eigenvalue weighted by Gasteiger charge is -2.17. The van der Waals surface area contributed by atoms with E-state index in [0.717, 1.165) is 6.54 Å². The average Bonchev–Trinajstić information content (AvgIpc) is 2.40. The highest BCUT2D eigenvalue weighted by Crippen LogP contribution is 2.33. The van der Waals surface area contributed by atoms with E-state index in [2.05, 4.69) is 43.1 Å². The lowest BCUT2D eigenvalue weighted by atomic mass is 10.0. The summed E-state index contributed by atoms with van der Waals surface area (Å²) in [6.45, 7) is 3.37. The molecule has 2 rings (SSSR count). The van der Waals surface area contributed by atoms with E-state index in [1.54, 1.807) is 0 Å². The fraction of sp³-hybridized carbons (Fsp3) is 0.455. The van der Waals surface area contributed by atoms with E-state index in [-0.39, 0.29) is 0 Å². The second-order valence-electron chi connectivity index (χ2n) is 3.54. The zero-order chi connectivity index (χ0) is 8.55. The van der Waals surface area contributed by atoms with Gasteiger partial charge in [0.1, 0.15) is 0 Å². The van der Waals surface area contributed by atoms with Gasteiger partial charge in [-0.1, -0.05) is 31.2 Å². The van der Waals surface area contributed by atoms with Crippen molar-refractivity contribution in [2.75, 3.05) is 7.05 Å². The first-order valence-electron chi connectivity index (χ1n) is 4.61. The summed E-state index contributed by atoms with van der Waals surface area (Å²) in [5, 5.41) is 0. The van der Waals surface area contributed by atoms with Crippen LogP contribution in [0.25, 0.3) is 0 Å². The average molecular weight is 161 g/mol. The number of fused-ring (bicyclic) bond motifs is 1. The van der Waals surface area contributed by atoms with Crippen molar-refractivity contribution in [1.82, 2.24) is 4.90 Å². The third-order valence-electron chi connectivity index (χ3n) is 2.75. The van der Waals surface area contributed by atoms with Crippen molar-refractivity contribution in [1.29, 1.82) is 0 Å². The first-order valence-corrected chi connectivity index (χ1v) is 4.61. The second kappa shape index (κ2) is 2.91. The molecular formula is C11H15N. The van der Waals surface area contributed by atoms with Gasteiger partial charge in [0, 0.05) is 12.6 Å². The van der Waals surface area contributed by atoms with Gasteiger partial charge in [-0.3, -0.25) is 4.90 Å². The molecular weight excluding hydrogens is 146 g/mol. The van der Waals surface area contributed by atoms with Crippen LogP contribution in [0.15, 0.2) is 24.3 Å². The van der Waals surface area contributed by atoms with Crippen LogP contribution in [-0.2, 0) is 6.54 Å². The molecule has 1 nitrogen and oxygen atoms in total. The molecule has 0 spiro atoms. The molecule has 0 aliphatic carbocycles. The molecule has 1 unspecified atom stereocenters. The van der Waals surface area contributed by atoms with Crippen molar-refractivity contribution in [2.45, 2.75) is 25.9 Å². The van der Waals surface area contributed by atoms with Crippen molar-refractivity contribution in [3.8, 4) is 0 Å². The van der Waals surface area contributed by atoms with Crippen LogP contribution in [0.5, 0.6) is 0 Å². The zero-order valence-electron chi connectivity index (χ0n) is 7.75. The molecule has 1 heterocycles. The summed E-state index contributed by atoms with van der Waals surface area (Å²) in [4.78, 5) is 2.42. The maximum Gasteiger partial charge on any atom is 0.0349 e. The Bertz CT molecular complexity index is 280. The fourth-order valence-electron chi connectivity index (χ4n) is 2.15. The maximum absolute atomic E-state index is 2.42. The normalized spacial score (nSPS) is 22.7. The molecule has 1 heteroatoms. The summed E-state index contributed by atoms with van der Waals surface area (Å²) >= 11 is 0. The molecule has 0 fully saturated rings. The summed E-state index contributed by atoms with van der Waals surface area (Å²) in [7, 11) is 2.20. The first kappa shape index (κ1) is 7.81. The van der Waals surface area contributed by atoms with Gasteiger partial charge < -0.3 is 0 Å². The van der Waals surface area contributed by atoms with Crippen molar-refractivity contribution in [3.63, 3.8) is 0 Å². The molecule has 0 amide bonds.